The lowest BCUT2D eigenvalue weighted by Gasteiger charge is -1.94. The van der Waals surface area contributed by atoms with Gasteiger partial charge in [-0.15, -0.1) is 0 Å². The number of nitrogens with zero attached hydrogens (tertiary/aromatic N) is 1. The maximum absolute atomic E-state index is 13.1. The first-order valence-corrected chi connectivity index (χ1v) is 4.66. The Bertz CT molecular complexity index is 356. The summed E-state index contributed by atoms with van der Waals surface area (Å²) < 4.78 is 13.1. The SMILES string of the molecule is Fc1c(C#CCCS)ccnc1Cl. The molecule has 0 fully saturated rings. The smallest absolute Gasteiger partial charge is 0.176 e. The van der Waals surface area contributed by atoms with Crippen molar-refractivity contribution >= 4 is 24.2 Å². The molecule has 13 heavy (non-hydrogen) atoms. The van der Waals surface area contributed by atoms with Crippen molar-refractivity contribution < 1.29 is 4.39 Å². The van der Waals surface area contributed by atoms with Crippen LogP contribution in [0.25, 0.3) is 0 Å². The summed E-state index contributed by atoms with van der Waals surface area (Å²) in [6.07, 6.45) is 2.05. The van der Waals surface area contributed by atoms with E-state index in [4.69, 9.17) is 11.6 Å². The molecule has 1 heterocycles. The van der Waals surface area contributed by atoms with Crippen molar-refractivity contribution in [2.75, 3.05) is 5.75 Å². The van der Waals surface area contributed by atoms with Gasteiger partial charge in [0.2, 0.25) is 0 Å². The van der Waals surface area contributed by atoms with E-state index in [0.717, 1.165) is 0 Å². The van der Waals surface area contributed by atoms with Gasteiger partial charge in [0.15, 0.2) is 11.0 Å². The van der Waals surface area contributed by atoms with Crippen LogP contribution in [-0.2, 0) is 0 Å². The van der Waals surface area contributed by atoms with Gasteiger partial charge in [0.05, 0.1) is 5.56 Å². The van der Waals surface area contributed by atoms with Gasteiger partial charge >= 0.3 is 0 Å². The Hall–Kier alpha value is -0.720. The fraction of sp³-hybridized carbons (Fsp3) is 0.222. The average molecular weight is 216 g/mol. The van der Waals surface area contributed by atoms with Gasteiger partial charge in [-0.1, -0.05) is 23.4 Å². The van der Waals surface area contributed by atoms with Crippen LogP contribution in [0.2, 0.25) is 5.15 Å². The standard InChI is InChI=1S/C9H7ClFNS/c10-9-8(11)7(4-5-12-9)3-1-2-6-13/h4-5,13H,2,6H2. The van der Waals surface area contributed by atoms with Crippen LogP contribution in [-0.4, -0.2) is 10.7 Å². The van der Waals surface area contributed by atoms with Crippen molar-refractivity contribution in [3.63, 3.8) is 0 Å². The molecule has 1 aromatic rings. The molecule has 0 N–H and O–H groups in total. The van der Waals surface area contributed by atoms with E-state index in [1.54, 1.807) is 0 Å². The largest absolute Gasteiger partial charge is 0.241 e. The number of pyridine rings is 1. The minimum atomic E-state index is -0.559. The molecule has 1 aromatic heterocycles. The first-order valence-electron chi connectivity index (χ1n) is 3.65. The van der Waals surface area contributed by atoms with Crippen molar-refractivity contribution in [3.8, 4) is 11.8 Å². The molecule has 0 aliphatic heterocycles. The van der Waals surface area contributed by atoms with Crippen LogP contribution in [0.3, 0.4) is 0 Å². The van der Waals surface area contributed by atoms with E-state index in [-0.39, 0.29) is 10.7 Å². The van der Waals surface area contributed by atoms with Crippen molar-refractivity contribution in [2.45, 2.75) is 6.42 Å². The minimum absolute atomic E-state index is 0.141. The lowest BCUT2D eigenvalue weighted by Crippen LogP contribution is -1.87. The van der Waals surface area contributed by atoms with Crippen LogP contribution < -0.4 is 0 Å². The molecule has 0 aliphatic carbocycles. The summed E-state index contributed by atoms with van der Waals surface area (Å²) >= 11 is 9.44. The Kier molecular flexibility index (Phi) is 4.07. The van der Waals surface area contributed by atoms with Crippen molar-refractivity contribution in [1.29, 1.82) is 0 Å². The van der Waals surface area contributed by atoms with Gasteiger partial charge in [-0.2, -0.15) is 12.6 Å². The van der Waals surface area contributed by atoms with Gasteiger partial charge in [-0.3, -0.25) is 0 Å². The van der Waals surface area contributed by atoms with Gasteiger partial charge in [0.25, 0.3) is 0 Å². The summed E-state index contributed by atoms with van der Waals surface area (Å²) in [5, 5.41) is -0.141. The predicted octanol–water partition coefficient (Wildman–Crippen LogP) is 2.55. The molecule has 0 aromatic carbocycles. The third kappa shape index (κ3) is 2.91. The van der Waals surface area contributed by atoms with E-state index in [9.17, 15) is 4.39 Å². The molecule has 0 unspecified atom stereocenters. The predicted molar refractivity (Wildman–Crippen MR) is 54.6 cm³/mol. The first kappa shape index (κ1) is 10.4. The molecular formula is C9H7ClFNS. The van der Waals surface area contributed by atoms with E-state index in [1.807, 2.05) is 0 Å². The average Bonchev–Trinajstić information content (AvgIpc) is 2.13. The number of hydrogen-bond donors (Lipinski definition) is 1. The fourth-order valence-corrected chi connectivity index (χ4v) is 0.998. The normalized spacial score (nSPS) is 9.15. The van der Waals surface area contributed by atoms with Crippen LogP contribution in [0.1, 0.15) is 12.0 Å². The number of halogens is 2. The maximum atomic E-state index is 13.1. The third-order valence-electron chi connectivity index (χ3n) is 1.31. The van der Waals surface area contributed by atoms with Crippen molar-refractivity contribution in [2.24, 2.45) is 0 Å². The summed E-state index contributed by atoms with van der Waals surface area (Å²) in [5.41, 5.74) is 0.279. The number of thiol groups is 1. The molecule has 0 amide bonds. The topological polar surface area (TPSA) is 12.9 Å². The van der Waals surface area contributed by atoms with Crippen molar-refractivity contribution in [3.05, 3.63) is 28.8 Å². The molecule has 0 aliphatic rings. The highest BCUT2D eigenvalue weighted by Gasteiger charge is 2.03. The number of aromatic nitrogens is 1. The summed E-state index contributed by atoms with van der Waals surface area (Å²) in [6.45, 7) is 0. The molecule has 4 heteroatoms. The van der Waals surface area contributed by atoms with Gasteiger partial charge < -0.3 is 0 Å². The lowest BCUT2D eigenvalue weighted by molar-refractivity contribution is 0.618. The highest BCUT2D eigenvalue weighted by molar-refractivity contribution is 7.80. The maximum Gasteiger partial charge on any atom is 0.176 e. The summed E-state index contributed by atoms with van der Waals surface area (Å²) in [4.78, 5) is 3.58. The Morgan fingerprint density at radius 1 is 1.62 bits per heavy atom. The molecule has 0 bridgehead atoms. The van der Waals surface area contributed by atoms with Crippen LogP contribution in [0.15, 0.2) is 12.3 Å². The lowest BCUT2D eigenvalue weighted by atomic mass is 10.2. The van der Waals surface area contributed by atoms with Gasteiger partial charge in [-0.25, -0.2) is 9.37 Å². The first-order chi connectivity index (χ1) is 6.25. The zero-order valence-electron chi connectivity index (χ0n) is 6.72. The third-order valence-corrected chi connectivity index (χ3v) is 1.79. The second-order valence-corrected chi connectivity index (χ2v) is 3.04. The van der Waals surface area contributed by atoms with Gasteiger partial charge in [-0.05, 0) is 6.07 Å². The Morgan fingerprint density at radius 2 is 2.38 bits per heavy atom. The fourth-order valence-electron chi connectivity index (χ4n) is 0.728. The molecule has 0 radical (unpaired) electrons. The summed E-state index contributed by atoms with van der Waals surface area (Å²) in [5.74, 6) is 5.52. The van der Waals surface area contributed by atoms with Crippen LogP contribution in [0, 0.1) is 17.7 Å². The zero-order chi connectivity index (χ0) is 9.68. The van der Waals surface area contributed by atoms with E-state index in [1.165, 1.54) is 12.3 Å². The molecule has 1 rings (SSSR count). The second-order valence-electron chi connectivity index (χ2n) is 2.24. The van der Waals surface area contributed by atoms with Gasteiger partial charge in [0, 0.05) is 18.4 Å². The Morgan fingerprint density at radius 3 is 3.08 bits per heavy atom. The highest BCUT2D eigenvalue weighted by atomic mass is 35.5. The number of hydrogen-bond acceptors (Lipinski definition) is 2. The minimum Gasteiger partial charge on any atom is -0.241 e. The highest BCUT2D eigenvalue weighted by Crippen LogP contribution is 2.13. The zero-order valence-corrected chi connectivity index (χ0v) is 8.37. The monoisotopic (exact) mass is 215 g/mol. The van der Waals surface area contributed by atoms with Crippen LogP contribution in [0.4, 0.5) is 4.39 Å². The molecular weight excluding hydrogens is 209 g/mol. The second kappa shape index (κ2) is 5.11. The molecule has 0 saturated carbocycles. The summed E-state index contributed by atoms with van der Waals surface area (Å²) in [6, 6.07) is 1.49. The Labute approximate surface area is 86.7 Å². The molecule has 0 spiro atoms. The van der Waals surface area contributed by atoms with E-state index < -0.39 is 5.82 Å². The molecule has 68 valence electrons. The number of rotatable bonds is 1. The van der Waals surface area contributed by atoms with E-state index in [0.29, 0.717) is 12.2 Å². The summed E-state index contributed by atoms with van der Waals surface area (Å²) in [7, 11) is 0. The quantitative estimate of drug-likeness (QED) is 0.432. The van der Waals surface area contributed by atoms with Crippen LogP contribution >= 0.6 is 24.2 Å². The van der Waals surface area contributed by atoms with Crippen molar-refractivity contribution in [1.82, 2.24) is 4.98 Å². The Balaban J connectivity index is 2.91. The van der Waals surface area contributed by atoms with E-state index >= 15 is 0 Å². The van der Waals surface area contributed by atoms with Gasteiger partial charge in [0.1, 0.15) is 0 Å². The van der Waals surface area contributed by atoms with E-state index in [2.05, 4.69) is 29.5 Å². The molecule has 0 saturated heterocycles. The molecule has 1 nitrogen and oxygen atoms in total. The molecule has 0 atom stereocenters. The van der Waals surface area contributed by atoms with Crippen LogP contribution in [0.5, 0.6) is 0 Å².